The van der Waals surface area contributed by atoms with Gasteiger partial charge in [0.2, 0.25) is 0 Å². The van der Waals surface area contributed by atoms with Crippen molar-refractivity contribution in [3.63, 3.8) is 0 Å². The number of aromatic nitrogens is 3. The molecule has 2 rings (SSSR count). The van der Waals surface area contributed by atoms with E-state index in [1.807, 2.05) is 24.3 Å². The van der Waals surface area contributed by atoms with Gasteiger partial charge in [0.15, 0.2) is 8.32 Å². The van der Waals surface area contributed by atoms with Gasteiger partial charge in [-0.15, -0.1) is 0 Å². The monoisotopic (exact) mass is 380 g/mol. The molecule has 0 saturated carbocycles. The Morgan fingerprint density at radius 1 is 1.19 bits per heavy atom. The molecule has 1 aromatic heterocycles. The minimum atomic E-state index is -1.67. The molecule has 7 nitrogen and oxygen atoms in total. The predicted octanol–water partition coefficient (Wildman–Crippen LogP) is 1.91. The van der Waals surface area contributed by atoms with Crippen LogP contribution in [0, 0.1) is 0 Å². The van der Waals surface area contributed by atoms with Crippen LogP contribution in [0.4, 0.5) is 0 Å². The summed E-state index contributed by atoms with van der Waals surface area (Å²) in [5.41, 5.74) is -0.748. The van der Waals surface area contributed by atoms with Crippen LogP contribution in [0.15, 0.2) is 33.9 Å². The van der Waals surface area contributed by atoms with Crippen molar-refractivity contribution in [1.82, 2.24) is 19.7 Å². The van der Waals surface area contributed by atoms with Crippen molar-refractivity contribution in [3.8, 4) is 0 Å². The Morgan fingerprint density at radius 2 is 1.81 bits per heavy atom. The van der Waals surface area contributed by atoms with Gasteiger partial charge in [0.1, 0.15) is 0 Å². The lowest BCUT2D eigenvalue weighted by molar-refractivity contribution is 0.280. The van der Waals surface area contributed by atoms with Gasteiger partial charge in [0, 0.05) is 19.7 Å². The van der Waals surface area contributed by atoms with Crippen molar-refractivity contribution in [1.29, 1.82) is 0 Å². The molecule has 1 aliphatic carbocycles. The van der Waals surface area contributed by atoms with Gasteiger partial charge in [-0.3, -0.25) is 0 Å². The molecular formula is C18H32N4O3Si. The second kappa shape index (κ2) is 7.94. The first kappa shape index (κ1) is 20.7. The molecule has 8 heteroatoms. The van der Waals surface area contributed by atoms with Crippen LogP contribution in [-0.2, 0) is 11.5 Å². The number of hydrogen-bond acceptors (Lipinski definition) is 4. The predicted molar refractivity (Wildman–Crippen MR) is 107 cm³/mol. The zero-order valence-corrected chi connectivity index (χ0v) is 17.7. The average molecular weight is 381 g/mol. The quantitative estimate of drug-likeness (QED) is 0.430. The summed E-state index contributed by atoms with van der Waals surface area (Å²) >= 11 is 0. The minimum absolute atomic E-state index is 0.130. The largest absolute Gasteiger partial charge is 0.417 e. The van der Waals surface area contributed by atoms with E-state index in [2.05, 4.69) is 44.3 Å². The molecule has 26 heavy (non-hydrogen) atoms. The summed E-state index contributed by atoms with van der Waals surface area (Å²) < 4.78 is 8.57. The summed E-state index contributed by atoms with van der Waals surface area (Å²) in [6.07, 6.45) is 8.82. The van der Waals surface area contributed by atoms with Gasteiger partial charge in [0.05, 0.1) is 6.04 Å². The zero-order chi connectivity index (χ0) is 19.5. The van der Waals surface area contributed by atoms with Crippen LogP contribution in [-0.4, -0.2) is 41.9 Å². The van der Waals surface area contributed by atoms with E-state index < -0.39 is 14.0 Å². The van der Waals surface area contributed by atoms with E-state index in [0.29, 0.717) is 0 Å². The Morgan fingerprint density at radius 3 is 2.31 bits per heavy atom. The Kier molecular flexibility index (Phi) is 6.31. The third-order valence-corrected chi connectivity index (χ3v) is 9.85. The SMILES string of the molecule is Cn1c(=O)[nH]n(C2C=CC(NCCCO[Si](C)(C)C(C)(C)C)C=C2)c1=O. The Balaban J connectivity index is 1.77. The van der Waals surface area contributed by atoms with Crippen LogP contribution >= 0.6 is 0 Å². The molecule has 0 fully saturated rings. The molecule has 1 heterocycles. The van der Waals surface area contributed by atoms with E-state index in [1.54, 1.807) is 0 Å². The fourth-order valence-corrected chi connectivity index (χ4v) is 3.55. The summed E-state index contributed by atoms with van der Waals surface area (Å²) in [6.45, 7) is 12.9. The third kappa shape index (κ3) is 4.75. The van der Waals surface area contributed by atoms with Crippen LogP contribution in [0.1, 0.15) is 33.2 Å². The van der Waals surface area contributed by atoms with E-state index in [-0.39, 0.29) is 22.8 Å². The maximum atomic E-state index is 12.0. The summed E-state index contributed by atoms with van der Waals surface area (Å²) in [5.74, 6) is 0. The number of allylic oxidation sites excluding steroid dienone is 2. The first-order valence-corrected chi connectivity index (χ1v) is 12.1. The molecule has 0 aromatic carbocycles. The van der Waals surface area contributed by atoms with Crippen molar-refractivity contribution in [2.45, 2.75) is 57.4 Å². The fraction of sp³-hybridized carbons (Fsp3) is 0.667. The lowest BCUT2D eigenvalue weighted by Crippen LogP contribution is -2.41. The van der Waals surface area contributed by atoms with Crippen molar-refractivity contribution in [2.24, 2.45) is 7.05 Å². The highest BCUT2D eigenvalue weighted by Crippen LogP contribution is 2.36. The normalized spacial score (nSPS) is 20.7. The highest BCUT2D eigenvalue weighted by Gasteiger charge is 2.36. The Labute approximate surface area is 155 Å². The Hall–Kier alpha value is -1.64. The van der Waals surface area contributed by atoms with Crippen LogP contribution in [0.3, 0.4) is 0 Å². The first-order valence-electron chi connectivity index (χ1n) is 9.14. The highest BCUT2D eigenvalue weighted by atomic mass is 28.4. The lowest BCUT2D eigenvalue weighted by Gasteiger charge is -2.36. The van der Waals surface area contributed by atoms with E-state index in [4.69, 9.17) is 4.43 Å². The number of H-pyrrole nitrogens is 1. The van der Waals surface area contributed by atoms with Crippen LogP contribution in [0.2, 0.25) is 18.1 Å². The molecule has 2 N–H and O–H groups in total. The first-order chi connectivity index (χ1) is 12.0. The lowest BCUT2D eigenvalue weighted by atomic mass is 10.1. The average Bonchev–Trinajstić information content (AvgIpc) is 2.81. The van der Waals surface area contributed by atoms with Gasteiger partial charge in [-0.05, 0) is 31.1 Å². The number of aromatic amines is 1. The zero-order valence-electron chi connectivity index (χ0n) is 16.7. The van der Waals surface area contributed by atoms with Crippen molar-refractivity contribution >= 4 is 8.32 Å². The number of hydrogen-bond donors (Lipinski definition) is 2. The van der Waals surface area contributed by atoms with E-state index in [0.717, 1.165) is 24.1 Å². The number of nitrogens with one attached hydrogen (secondary N) is 2. The van der Waals surface area contributed by atoms with Gasteiger partial charge >= 0.3 is 11.4 Å². The summed E-state index contributed by atoms with van der Waals surface area (Å²) in [5, 5.41) is 6.24. The fourth-order valence-electron chi connectivity index (χ4n) is 2.46. The molecule has 0 spiro atoms. The van der Waals surface area contributed by atoms with Crippen LogP contribution in [0.5, 0.6) is 0 Å². The summed E-state index contributed by atoms with van der Waals surface area (Å²) in [4.78, 5) is 23.5. The minimum Gasteiger partial charge on any atom is -0.417 e. The summed E-state index contributed by atoms with van der Waals surface area (Å²) in [6, 6.07) is -0.123. The van der Waals surface area contributed by atoms with Gasteiger partial charge in [0.25, 0.3) is 0 Å². The van der Waals surface area contributed by atoms with E-state index in [9.17, 15) is 9.59 Å². The maximum absolute atomic E-state index is 12.0. The van der Waals surface area contributed by atoms with Gasteiger partial charge in [-0.25, -0.2) is 23.9 Å². The van der Waals surface area contributed by atoms with Crippen LogP contribution in [0.25, 0.3) is 0 Å². The molecule has 0 unspecified atom stereocenters. The number of rotatable bonds is 7. The number of nitrogens with zero attached hydrogens (tertiary/aromatic N) is 2. The second-order valence-electron chi connectivity index (χ2n) is 8.33. The Bertz CT molecular complexity index is 766. The molecule has 0 bridgehead atoms. The second-order valence-corrected chi connectivity index (χ2v) is 13.1. The maximum Gasteiger partial charge on any atom is 0.347 e. The van der Waals surface area contributed by atoms with E-state index in [1.165, 1.54) is 11.7 Å². The molecule has 0 amide bonds. The molecular weight excluding hydrogens is 348 g/mol. The molecule has 1 aromatic rings. The molecule has 1 aliphatic rings. The standard InChI is InChI=1S/C18H32N4O3Si/c1-18(2,3)26(5,6)25-13-7-12-19-14-8-10-15(11-9-14)22-17(24)21(4)16(23)20-22/h8-11,14-15,19H,7,12-13H2,1-6H3,(H,20,23). The summed E-state index contributed by atoms with van der Waals surface area (Å²) in [7, 11) is -0.206. The molecule has 0 aliphatic heterocycles. The third-order valence-electron chi connectivity index (χ3n) is 5.31. The van der Waals surface area contributed by atoms with Gasteiger partial charge < -0.3 is 9.74 Å². The van der Waals surface area contributed by atoms with Gasteiger partial charge in [-0.1, -0.05) is 45.1 Å². The molecule has 0 saturated heterocycles. The van der Waals surface area contributed by atoms with Gasteiger partial charge in [-0.2, -0.15) is 0 Å². The molecule has 0 atom stereocenters. The van der Waals surface area contributed by atoms with Crippen molar-refractivity contribution in [2.75, 3.05) is 13.2 Å². The molecule has 146 valence electrons. The highest BCUT2D eigenvalue weighted by molar-refractivity contribution is 6.74. The topological polar surface area (TPSA) is 81.1 Å². The van der Waals surface area contributed by atoms with E-state index >= 15 is 0 Å². The van der Waals surface area contributed by atoms with Crippen molar-refractivity contribution in [3.05, 3.63) is 45.3 Å². The smallest absolute Gasteiger partial charge is 0.347 e. The van der Waals surface area contributed by atoms with Crippen molar-refractivity contribution < 1.29 is 4.43 Å². The molecule has 0 radical (unpaired) electrons. The van der Waals surface area contributed by atoms with Crippen LogP contribution < -0.4 is 16.7 Å².